The van der Waals surface area contributed by atoms with Gasteiger partial charge in [-0.1, -0.05) is 19.3 Å². The summed E-state index contributed by atoms with van der Waals surface area (Å²) >= 11 is 0. The van der Waals surface area contributed by atoms with Crippen LogP contribution in [0, 0.1) is 5.92 Å². The van der Waals surface area contributed by atoms with Gasteiger partial charge in [-0.05, 0) is 18.8 Å². The lowest BCUT2D eigenvalue weighted by Crippen LogP contribution is -2.20. The molecule has 0 amide bonds. The van der Waals surface area contributed by atoms with Gasteiger partial charge in [0.25, 0.3) is 0 Å². The van der Waals surface area contributed by atoms with Gasteiger partial charge in [0.1, 0.15) is 0 Å². The summed E-state index contributed by atoms with van der Waals surface area (Å²) in [6.45, 7) is -0.130. The zero-order valence-corrected chi connectivity index (χ0v) is 9.92. The number of ketones is 1. The quantitative estimate of drug-likeness (QED) is 0.703. The van der Waals surface area contributed by atoms with Gasteiger partial charge in [0.05, 0.1) is 12.7 Å². The summed E-state index contributed by atoms with van der Waals surface area (Å²) in [4.78, 5) is 20.7. The van der Waals surface area contributed by atoms with E-state index in [1.807, 2.05) is 0 Å². The third-order valence-electron chi connectivity index (χ3n) is 2.92. The molecule has 5 heteroatoms. The number of Topliss-reactive ketones (excluding diaryl/α,β-unsaturated/α-hetero) is 1. The van der Waals surface area contributed by atoms with E-state index in [-0.39, 0.29) is 18.5 Å². The van der Waals surface area contributed by atoms with Crippen molar-refractivity contribution in [3.05, 3.63) is 0 Å². The van der Waals surface area contributed by atoms with Crippen molar-refractivity contribution in [3.63, 3.8) is 0 Å². The first-order chi connectivity index (χ1) is 7.03. The summed E-state index contributed by atoms with van der Waals surface area (Å²) in [6.07, 6.45) is 5.65. The highest BCUT2D eigenvalue weighted by atomic mass is 31.2. The number of hydrogen-bond acceptors (Lipinski definition) is 3. The van der Waals surface area contributed by atoms with E-state index in [0.717, 1.165) is 25.7 Å². The lowest BCUT2D eigenvalue weighted by Gasteiger charge is -2.23. The molecule has 0 bridgehead atoms. The Kier molecular flexibility index (Phi) is 4.97. The van der Waals surface area contributed by atoms with Crippen LogP contribution in [-0.2, 0) is 9.36 Å². The molecule has 1 rings (SSSR count). The van der Waals surface area contributed by atoms with Gasteiger partial charge in [0, 0.05) is 6.16 Å². The van der Waals surface area contributed by atoms with Crippen LogP contribution in [-0.4, -0.2) is 29.5 Å². The molecule has 15 heavy (non-hydrogen) atoms. The number of rotatable bonds is 5. The zero-order chi connectivity index (χ0) is 11.3. The standard InChI is InChI=1S/C10H20NO3P/c11-6-10(12)8-15(13,14)7-9-4-2-1-3-5-9/h9H,1-8,11H2,(H,13,14). The van der Waals surface area contributed by atoms with E-state index in [2.05, 4.69) is 0 Å². The topological polar surface area (TPSA) is 80.4 Å². The number of nitrogens with two attached hydrogens (primary N) is 1. The van der Waals surface area contributed by atoms with Crippen LogP contribution in [0.25, 0.3) is 0 Å². The molecule has 88 valence electrons. The summed E-state index contributed by atoms with van der Waals surface area (Å²) in [5.74, 6) is 0.0248. The average Bonchev–Trinajstić information content (AvgIpc) is 2.17. The van der Waals surface area contributed by atoms with E-state index in [9.17, 15) is 14.3 Å². The maximum Gasteiger partial charge on any atom is 0.208 e. The van der Waals surface area contributed by atoms with Gasteiger partial charge in [-0.2, -0.15) is 0 Å². The Labute approximate surface area is 90.7 Å². The smallest absolute Gasteiger partial charge is 0.208 e. The van der Waals surface area contributed by atoms with Crippen LogP contribution in [0.5, 0.6) is 0 Å². The van der Waals surface area contributed by atoms with Crippen molar-refractivity contribution in [3.8, 4) is 0 Å². The Balaban J connectivity index is 2.40. The molecule has 0 aliphatic heterocycles. The van der Waals surface area contributed by atoms with Gasteiger partial charge in [-0.25, -0.2) is 0 Å². The van der Waals surface area contributed by atoms with Crippen LogP contribution in [0.4, 0.5) is 0 Å². The first-order valence-corrected chi connectivity index (χ1v) is 7.59. The van der Waals surface area contributed by atoms with Crippen molar-refractivity contribution in [1.82, 2.24) is 0 Å². The maximum absolute atomic E-state index is 11.7. The second-order valence-electron chi connectivity index (χ2n) is 4.43. The van der Waals surface area contributed by atoms with E-state index in [1.165, 1.54) is 6.42 Å². The maximum atomic E-state index is 11.7. The Morgan fingerprint density at radius 3 is 2.47 bits per heavy atom. The molecule has 0 saturated heterocycles. The second-order valence-corrected chi connectivity index (χ2v) is 6.81. The predicted octanol–water partition coefficient (Wildman–Crippen LogP) is 1.36. The van der Waals surface area contributed by atoms with Crippen molar-refractivity contribution in [2.75, 3.05) is 18.9 Å². The van der Waals surface area contributed by atoms with Gasteiger partial charge >= 0.3 is 0 Å². The first kappa shape index (κ1) is 12.9. The van der Waals surface area contributed by atoms with E-state index in [4.69, 9.17) is 5.73 Å². The molecule has 1 aliphatic rings. The lowest BCUT2D eigenvalue weighted by atomic mass is 9.91. The Hall–Kier alpha value is -0.180. The summed E-state index contributed by atoms with van der Waals surface area (Å²) in [5, 5.41) is 0. The first-order valence-electron chi connectivity index (χ1n) is 5.56. The average molecular weight is 233 g/mol. The lowest BCUT2D eigenvalue weighted by molar-refractivity contribution is -0.115. The second kappa shape index (κ2) is 5.78. The van der Waals surface area contributed by atoms with Crippen LogP contribution in [0.1, 0.15) is 32.1 Å². The Bertz CT molecular complexity index is 261. The molecular weight excluding hydrogens is 213 g/mol. The summed E-state index contributed by atoms with van der Waals surface area (Å²) < 4.78 is 11.7. The normalized spacial score (nSPS) is 22.3. The third kappa shape index (κ3) is 4.92. The minimum Gasteiger partial charge on any atom is -0.344 e. The van der Waals surface area contributed by atoms with E-state index >= 15 is 0 Å². The molecule has 0 radical (unpaired) electrons. The van der Waals surface area contributed by atoms with Crippen LogP contribution in [0.15, 0.2) is 0 Å². The molecule has 0 aromatic carbocycles. The largest absolute Gasteiger partial charge is 0.344 e. The predicted molar refractivity (Wildman–Crippen MR) is 60.2 cm³/mol. The van der Waals surface area contributed by atoms with E-state index in [0.29, 0.717) is 12.1 Å². The monoisotopic (exact) mass is 233 g/mol. The molecule has 1 unspecified atom stereocenters. The molecule has 4 nitrogen and oxygen atoms in total. The minimum atomic E-state index is -3.26. The highest BCUT2D eigenvalue weighted by Gasteiger charge is 2.27. The molecule has 3 N–H and O–H groups in total. The van der Waals surface area contributed by atoms with Crippen molar-refractivity contribution in [2.45, 2.75) is 32.1 Å². The number of carbonyl (C=O) groups is 1. The van der Waals surface area contributed by atoms with Gasteiger partial charge in [0.15, 0.2) is 5.78 Å². The van der Waals surface area contributed by atoms with Crippen molar-refractivity contribution in [2.24, 2.45) is 11.7 Å². The molecule has 0 aromatic rings. The highest BCUT2D eigenvalue weighted by Crippen LogP contribution is 2.45. The minimum absolute atomic E-state index is 0.130. The van der Waals surface area contributed by atoms with E-state index in [1.54, 1.807) is 0 Å². The van der Waals surface area contributed by atoms with Crippen LogP contribution in [0.3, 0.4) is 0 Å². The van der Waals surface area contributed by atoms with Crippen LogP contribution >= 0.6 is 7.37 Å². The van der Waals surface area contributed by atoms with Crippen LogP contribution < -0.4 is 5.73 Å². The highest BCUT2D eigenvalue weighted by molar-refractivity contribution is 7.59. The number of hydrogen-bond donors (Lipinski definition) is 2. The molecule has 0 aromatic heterocycles. The molecule has 0 heterocycles. The summed E-state index contributed by atoms with van der Waals surface area (Å²) in [5.41, 5.74) is 5.13. The fourth-order valence-corrected chi connectivity index (χ4v) is 4.16. The number of carbonyl (C=O) groups excluding carboxylic acids is 1. The van der Waals surface area contributed by atoms with Gasteiger partial charge in [-0.15, -0.1) is 0 Å². The van der Waals surface area contributed by atoms with Crippen molar-refractivity contribution in [1.29, 1.82) is 0 Å². The van der Waals surface area contributed by atoms with Crippen LogP contribution in [0.2, 0.25) is 0 Å². The van der Waals surface area contributed by atoms with E-state index < -0.39 is 7.37 Å². The Morgan fingerprint density at radius 1 is 1.33 bits per heavy atom. The molecule has 1 atom stereocenters. The third-order valence-corrected chi connectivity index (χ3v) is 4.85. The van der Waals surface area contributed by atoms with Crippen molar-refractivity contribution < 1.29 is 14.3 Å². The molecule has 1 fully saturated rings. The summed E-state index contributed by atoms with van der Waals surface area (Å²) in [7, 11) is -3.26. The molecule has 1 saturated carbocycles. The Morgan fingerprint density at radius 2 is 1.93 bits per heavy atom. The molecule has 1 aliphatic carbocycles. The molecule has 0 spiro atoms. The summed E-state index contributed by atoms with van der Waals surface area (Å²) in [6, 6.07) is 0. The van der Waals surface area contributed by atoms with Gasteiger partial charge in [-0.3, -0.25) is 9.36 Å². The molecular formula is C10H20NO3P. The fraction of sp³-hybridized carbons (Fsp3) is 0.900. The van der Waals surface area contributed by atoms with Crippen molar-refractivity contribution >= 4 is 13.2 Å². The van der Waals surface area contributed by atoms with Gasteiger partial charge < -0.3 is 10.6 Å². The zero-order valence-electron chi connectivity index (χ0n) is 9.02. The van der Waals surface area contributed by atoms with Gasteiger partial charge in [0.2, 0.25) is 7.37 Å². The SMILES string of the molecule is NCC(=O)CP(=O)(O)CC1CCCCC1. The fourth-order valence-electron chi connectivity index (χ4n) is 2.18.